The molecule has 0 heterocycles. The lowest BCUT2D eigenvalue weighted by molar-refractivity contribution is 0.414. The average Bonchev–Trinajstić information content (AvgIpc) is 2.25. The van der Waals surface area contributed by atoms with Crippen molar-refractivity contribution < 1.29 is 4.74 Å². The second-order valence-corrected chi connectivity index (χ2v) is 3.72. The Hall–Kier alpha value is -0.770. The Morgan fingerprint density at radius 3 is 2.80 bits per heavy atom. The minimum Gasteiger partial charge on any atom is -0.495 e. The summed E-state index contributed by atoms with van der Waals surface area (Å²) in [7, 11) is 1.60. The van der Waals surface area contributed by atoms with E-state index in [1.165, 1.54) is 0 Å². The standard InChI is InChI=1S/C11H17ClN2O/c1-3-14-7-10(13)8-4-5-11(15-2)9(12)6-8/h4-6,10,14H,3,7,13H2,1-2H3. The molecule has 1 unspecified atom stereocenters. The highest BCUT2D eigenvalue weighted by Gasteiger charge is 2.08. The van der Waals surface area contributed by atoms with Gasteiger partial charge in [-0.25, -0.2) is 0 Å². The molecule has 0 amide bonds. The third-order valence-electron chi connectivity index (χ3n) is 2.22. The molecular formula is C11H17ClN2O. The lowest BCUT2D eigenvalue weighted by Gasteiger charge is -2.13. The molecule has 0 fully saturated rings. The van der Waals surface area contributed by atoms with Gasteiger partial charge in [-0.05, 0) is 24.2 Å². The number of halogens is 1. The summed E-state index contributed by atoms with van der Waals surface area (Å²) in [6.07, 6.45) is 0. The monoisotopic (exact) mass is 228 g/mol. The number of hydrogen-bond donors (Lipinski definition) is 2. The van der Waals surface area contributed by atoms with Crippen LogP contribution in [-0.4, -0.2) is 20.2 Å². The van der Waals surface area contributed by atoms with Gasteiger partial charge in [0.25, 0.3) is 0 Å². The molecule has 0 aliphatic rings. The van der Waals surface area contributed by atoms with E-state index in [1.807, 2.05) is 25.1 Å². The summed E-state index contributed by atoms with van der Waals surface area (Å²) in [6.45, 7) is 3.71. The first-order valence-electron chi connectivity index (χ1n) is 4.98. The van der Waals surface area contributed by atoms with Crippen LogP contribution < -0.4 is 15.8 Å². The maximum atomic E-state index is 6.01. The molecule has 0 aliphatic heterocycles. The Morgan fingerprint density at radius 1 is 1.53 bits per heavy atom. The fraction of sp³-hybridized carbons (Fsp3) is 0.455. The van der Waals surface area contributed by atoms with Crippen molar-refractivity contribution in [1.29, 1.82) is 0 Å². The first-order valence-corrected chi connectivity index (χ1v) is 5.36. The van der Waals surface area contributed by atoms with E-state index in [-0.39, 0.29) is 6.04 Å². The van der Waals surface area contributed by atoms with Crippen molar-refractivity contribution in [1.82, 2.24) is 5.32 Å². The van der Waals surface area contributed by atoms with Crippen molar-refractivity contribution in [3.8, 4) is 5.75 Å². The Morgan fingerprint density at radius 2 is 2.27 bits per heavy atom. The molecule has 3 nitrogen and oxygen atoms in total. The zero-order valence-corrected chi connectivity index (χ0v) is 9.84. The zero-order valence-electron chi connectivity index (χ0n) is 9.09. The van der Waals surface area contributed by atoms with Crippen LogP contribution in [0.25, 0.3) is 0 Å². The van der Waals surface area contributed by atoms with E-state index in [1.54, 1.807) is 7.11 Å². The van der Waals surface area contributed by atoms with Gasteiger partial charge in [-0.1, -0.05) is 24.6 Å². The van der Waals surface area contributed by atoms with Gasteiger partial charge in [-0.2, -0.15) is 0 Å². The number of ether oxygens (including phenoxy) is 1. The molecule has 0 aromatic heterocycles. The van der Waals surface area contributed by atoms with Gasteiger partial charge in [-0.15, -0.1) is 0 Å². The summed E-state index contributed by atoms with van der Waals surface area (Å²) in [5, 5.41) is 3.79. The number of methoxy groups -OCH3 is 1. The number of nitrogens with two attached hydrogens (primary N) is 1. The van der Waals surface area contributed by atoms with Gasteiger partial charge < -0.3 is 15.8 Å². The average molecular weight is 229 g/mol. The molecule has 1 rings (SSSR count). The summed E-state index contributed by atoms with van der Waals surface area (Å²) in [4.78, 5) is 0. The van der Waals surface area contributed by atoms with Gasteiger partial charge >= 0.3 is 0 Å². The van der Waals surface area contributed by atoms with Crippen LogP contribution in [0, 0.1) is 0 Å². The van der Waals surface area contributed by atoms with Crippen LogP contribution in [0.2, 0.25) is 5.02 Å². The Kier molecular flexibility index (Phi) is 4.88. The lowest BCUT2D eigenvalue weighted by atomic mass is 10.1. The van der Waals surface area contributed by atoms with E-state index in [0.29, 0.717) is 10.8 Å². The highest BCUT2D eigenvalue weighted by Crippen LogP contribution is 2.26. The lowest BCUT2D eigenvalue weighted by Crippen LogP contribution is -2.26. The van der Waals surface area contributed by atoms with E-state index in [2.05, 4.69) is 5.32 Å². The molecule has 0 saturated heterocycles. The van der Waals surface area contributed by atoms with Crippen molar-refractivity contribution in [3.63, 3.8) is 0 Å². The Bertz CT molecular complexity index is 317. The largest absolute Gasteiger partial charge is 0.495 e. The second-order valence-electron chi connectivity index (χ2n) is 3.31. The van der Waals surface area contributed by atoms with Crippen molar-refractivity contribution in [3.05, 3.63) is 28.8 Å². The molecule has 0 aliphatic carbocycles. The number of rotatable bonds is 5. The molecule has 3 N–H and O–H groups in total. The molecule has 0 bridgehead atoms. The number of nitrogens with one attached hydrogen (secondary N) is 1. The van der Waals surface area contributed by atoms with Gasteiger partial charge in [0.1, 0.15) is 5.75 Å². The smallest absolute Gasteiger partial charge is 0.137 e. The maximum Gasteiger partial charge on any atom is 0.137 e. The van der Waals surface area contributed by atoms with Crippen LogP contribution in [-0.2, 0) is 0 Å². The molecule has 84 valence electrons. The second kappa shape index (κ2) is 5.95. The highest BCUT2D eigenvalue weighted by molar-refractivity contribution is 6.32. The van der Waals surface area contributed by atoms with Crippen LogP contribution in [0.3, 0.4) is 0 Å². The molecule has 1 atom stereocenters. The van der Waals surface area contributed by atoms with Crippen LogP contribution >= 0.6 is 11.6 Å². The Balaban J connectivity index is 2.73. The highest BCUT2D eigenvalue weighted by atomic mass is 35.5. The minimum atomic E-state index is -0.0339. The normalized spacial score (nSPS) is 12.5. The van der Waals surface area contributed by atoms with Gasteiger partial charge in [0.15, 0.2) is 0 Å². The zero-order chi connectivity index (χ0) is 11.3. The van der Waals surface area contributed by atoms with E-state index < -0.39 is 0 Å². The SMILES string of the molecule is CCNCC(N)c1ccc(OC)c(Cl)c1. The predicted molar refractivity (Wildman–Crippen MR) is 63.5 cm³/mol. The summed E-state index contributed by atoms with van der Waals surface area (Å²) in [6, 6.07) is 5.59. The van der Waals surface area contributed by atoms with Crippen molar-refractivity contribution in [2.24, 2.45) is 5.73 Å². The summed E-state index contributed by atoms with van der Waals surface area (Å²) < 4.78 is 5.07. The quantitative estimate of drug-likeness (QED) is 0.810. The molecule has 4 heteroatoms. The topological polar surface area (TPSA) is 47.3 Å². The number of likely N-dealkylation sites (N-methyl/N-ethyl adjacent to an activating group) is 1. The first-order chi connectivity index (χ1) is 7.19. The third kappa shape index (κ3) is 3.38. The maximum absolute atomic E-state index is 6.01. The van der Waals surface area contributed by atoms with Crippen LogP contribution in [0.4, 0.5) is 0 Å². The van der Waals surface area contributed by atoms with Crippen molar-refractivity contribution in [2.75, 3.05) is 20.2 Å². The van der Waals surface area contributed by atoms with Crippen LogP contribution in [0.1, 0.15) is 18.5 Å². The molecule has 0 spiro atoms. The van der Waals surface area contributed by atoms with Gasteiger partial charge in [-0.3, -0.25) is 0 Å². The van der Waals surface area contributed by atoms with E-state index in [4.69, 9.17) is 22.1 Å². The summed E-state index contributed by atoms with van der Waals surface area (Å²) >= 11 is 6.01. The van der Waals surface area contributed by atoms with Gasteiger partial charge in [0.2, 0.25) is 0 Å². The molecule has 15 heavy (non-hydrogen) atoms. The molecule has 1 aromatic carbocycles. The van der Waals surface area contributed by atoms with E-state index in [9.17, 15) is 0 Å². The molecule has 0 radical (unpaired) electrons. The third-order valence-corrected chi connectivity index (χ3v) is 2.51. The van der Waals surface area contributed by atoms with Crippen LogP contribution in [0.5, 0.6) is 5.75 Å². The molecule has 1 aromatic rings. The molecule has 0 saturated carbocycles. The summed E-state index contributed by atoms with van der Waals surface area (Å²) in [5.74, 6) is 0.677. The van der Waals surface area contributed by atoms with Crippen molar-refractivity contribution in [2.45, 2.75) is 13.0 Å². The predicted octanol–water partition coefficient (Wildman–Crippen LogP) is 1.96. The molecular weight excluding hydrogens is 212 g/mol. The number of hydrogen-bond acceptors (Lipinski definition) is 3. The van der Waals surface area contributed by atoms with Crippen LogP contribution in [0.15, 0.2) is 18.2 Å². The van der Waals surface area contributed by atoms with Crippen molar-refractivity contribution >= 4 is 11.6 Å². The van der Waals surface area contributed by atoms with E-state index in [0.717, 1.165) is 18.7 Å². The van der Waals surface area contributed by atoms with Gasteiger partial charge in [0, 0.05) is 12.6 Å². The summed E-state index contributed by atoms with van der Waals surface area (Å²) in [5.41, 5.74) is 7.00. The van der Waals surface area contributed by atoms with Gasteiger partial charge in [0.05, 0.1) is 12.1 Å². The first kappa shape index (κ1) is 12.3. The fourth-order valence-electron chi connectivity index (χ4n) is 1.33. The number of benzene rings is 1. The fourth-order valence-corrected chi connectivity index (χ4v) is 1.60. The minimum absolute atomic E-state index is 0.0339. The van der Waals surface area contributed by atoms with E-state index >= 15 is 0 Å². The Labute approximate surface area is 95.6 Å².